The average Bonchev–Trinajstić information content (AvgIpc) is 2.81. The van der Waals surface area contributed by atoms with Gasteiger partial charge in [0.15, 0.2) is 0 Å². The molecular weight excluding hydrogens is 378 g/mol. The van der Waals surface area contributed by atoms with E-state index in [2.05, 4.69) is 49.4 Å². The maximum absolute atomic E-state index is 12.4. The number of hydrogen-bond acceptors (Lipinski definition) is 6. The Morgan fingerprint density at radius 2 is 1.57 bits per heavy atom. The summed E-state index contributed by atoms with van der Waals surface area (Å²) >= 11 is 0. The van der Waals surface area contributed by atoms with E-state index in [0.717, 1.165) is 31.9 Å². The van der Waals surface area contributed by atoms with Crippen LogP contribution in [0.4, 0.5) is 17.3 Å². The topological polar surface area (TPSA) is 70.6 Å². The molecule has 0 unspecified atom stereocenters. The van der Waals surface area contributed by atoms with Crippen LogP contribution >= 0.6 is 0 Å². The van der Waals surface area contributed by atoms with Gasteiger partial charge < -0.3 is 19.9 Å². The molecule has 7 heteroatoms. The lowest BCUT2D eigenvalue weighted by Gasteiger charge is -2.36. The number of para-hydroxylation sites is 1. The molecule has 0 radical (unpaired) electrons. The monoisotopic (exact) mass is 403 g/mol. The summed E-state index contributed by atoms with van der Waals surface area (Å²) in [4.78, 5) is 25.8. The average molecular weight is 403 g/mol. The highest BCUT2D eigenvalue weighted by Gasteiger charge is 2.19. The van der Waals surface area contributed by atoms with Crippen LogP contribution in [0.25, 0.3) is 0 Å². The van der Waals surface area contributed by atoms with E-state index < -0.39 is 0 Å². The van der Waals surface area contributed by atoms with Crippen molar-refractivity contribution in [2.75, 3.05) is 47.9 Å². The van der Waals surface area contributed by atoms with Gasteiger partial charge in [0.05, 0.1) is 24.7 Å². The minimum Gasteiger partial charge on any atom is -0.494 e. The Balaban J connectivity index is 1.32. The Morgan fingerprint density at radius 1 is 0.933 bits per heavy atom. The number of nitrogens with zero attached hydrogens (tertiary/aromatic N) is 4. The van der Waals surface area contributed by atoms with Crippen molar-refractivity contribution in [2.45, 2.75) is 6.92 Å². The van der Waals surface area contributed by atoms with Crippen molar-refractivity contribution in [3.8, 4) is 5.75 Å². The number of anilines is 3. The molecule has 1 fully saturated rings. The number of rotatable bonds is 6. The molecule has 2 aromatic carbocycles. The van der Waals surface area contributed by atoms with Gasteiger partial charge in [-0.1, -0.05) is 18.2 Å². The molecule has 1 amide bonds. The lowest BCUT2D eigenvalue weighted by molar-refractivity contribution is 0.102. The van der Waals surface area contributed by atoms with Gasteiger partial charge in [0.25, 0.3) is 5.91 Å². The van der Waals surface area contributed by atoms with Crippen molar-refractivity contribution < 1.29 is 9.53 Å². The molecule has 2 heterocycles. The fourth-order valence-electron chi connectivity index (χ4n) is 3.42. The largest absolute Gasteiger partial charge is 0.494 e. The third-order valence-electron chi connectivity index (χ3n) is 5.01. The van der Waals surface area contributed by atoms with Gasteiger partial charge in [0, 0.05) is 37.4 Å². The van der Waals surface area contributed by atoms with Crippen molar-refractivity contribution in [1.29, 1.82) is 0 Å². The summed E-state index contributed by atoms with van der Waals surface area (Å²) in [5.74, 6) is 1.22. The van der Waals surface area contributed by atoms with Crippen LogP contribution in [0.2, 0.25) is 0 Å². The molecular formula is C23H25N5O2. The fraction of sp³-hybridized carbons (Fsp3) is 0.261. The molecule has 1 aliphatic rings. The molecule has 154 valence electrons. The smallest absolute Gasteiger partial charge is 0.255 e. The minimum absolute atomic E-state index is 0.203. The Kier molecular flexibility index (Phi) is 6.08. The normalized spacial score (nSPS) is 13.8. The number of hydrogen-bond donors (Lipinski definition) is 1. The van der Waals surface area contributed by atoms with E-state index in [4.69, 9.17) is 4.74 Å². The van der Waals surface area contributed by atoms with Crippen molar-refractivity contribution in [2.24, 2.45) is 0 Å². The van der Waals surface area contributed by atoms with Gasteiger partial charge >= 0.3 is 0 Å². The third-order valence-corrected chi connectivity index (χ3v) is 5.01. The number of carbonyl (C=O) groups excluding carboxylic acids is 1. The highest BCUT2D eigenvalue weighted by Crippen LogP contribution is 2.19. The van der Waals surface area contributed by atoms with Crippen LogP contribution in [0.5, 0.6) is 5.75 Å². The Hall–Kier alpha value is -3.61. The van der Waals surface area contributed by atoms with Gasteiger partial charge in [-0.3, -0.25) is 4.79 Å². The molecule has 1 aromatic heterocycles. The van der Waals surface area contributed by atoms with Crippen molar-refractivity contribution in [3.05, 3.63) is 72.6 Å². The van der Waals surface area contributed by atoms with Gasteiger partial charge in [0.2, 0.25) is 5.95 Å². The maximum Gasteiger partial charge on any atom is 0.255 e. The van der Waals surface area contributed by atoms with Crippen LogP contribution in [-0.2, 0) is 0 Å². The molecule has 0 spiro atoms. The molecule has 0 bridgehead atoms. The Labute approximate surface area is 176 Å². The van der Waals surface area contributed by atoms with Crippen LogP contribution in [0.15, 0.2) is 67.0 Å². The molecule has 3 aromatic rings. The highest BCUT2D eigenvalue weighted by atomic mass is 16.5. The van der Waals surface area contributed by atoms with E-state index in [-0.39, 0.29) is 5.91 Å². The molecule has 1 N–H and O–H groups in total. The van der Waals surface area contributed by atoms with Crippen LogP contribution < -0.4 is 19.9 Å². The van der Waals surface area contributed by atoms with Gasteiger partial charge in [-0.25, -0.2) is 9.97 Å². The number of ether oxygens (including phenoxy) is 1. The number of carbonyl (C=O) groups is 1. The van der Waals surface area contributed by atoms with E-state index in [1.807, 2.05) is 13.0 Å². The number of piperazine rings is 1. The van der Waals surface area contributed by atoms with E-state index in [1.54, 1.807) is 36.7 Å². The number of nitrogens with one attached hydrogen (secondary N) is 1. The summed E-state index contributed by atoms with van der Waals surface area (Å²) in [6, 6.07) is 17.5. The molecule has 0 aliphatic carbocycles. The minimum atomic E-state index is -0.203. The molecule has 0 atom stereocenters. The van der Waals surface area contributed by atoms with Gasteiger partial charge in [-0.15, -0.1) is 0 Å². The predicted octanol–water partition coefficient (Wildman–Crippen LogP) is 3.45. The quantitative estimate of drug-likeness (QED) is 0.680. The molecule has 4 rings (SSSR count). The standard InChI is InChI=1S/C23H25N5O2/c1-2-30-21-10-8-18(9-11-21)22(29)26-19-16-24-23(25-17-19)28-14-12-27(13-15-28)20-6-4-3-5-7-20/h3-11,16-17H,2,12-15H2,1H3,(H,26,29). The summed E-state index contributed by atoms with van der Waals surface area (Å²) in [5, 5.41) is 2.84. The fourth-order valence-corrected chi connectivity index (χ4v) is 3.42. The molecule has 30 heavy (non-hydrogen) atoms. The number of benzene rings is 2. The van der Waals surface area contributed by atoms with E-state index in [1.165, 1.54) is 5.69 Å². The Morgan fingerprint density at radius 3 is 2.20 bits per heavy atom. The van der Waals surface area contributed by atoms with E-state index in [9.17, 15) is 4.79 Å². The Bertz CT molecular complexity index is 953. The summed E-state index contributed by atoms with van der Waals surface area (Å²) in [7, 11) is 0. The van der Waals surface area contributed by atoms with Crippen LogP contribution in [0.3, 0.4) is 0 Å². The van der Waals surface area contributed by atoms with Crippen LogP contribution in [0.1, 0.15) is 17.3 Å². The second-order valence-electron chi connectivity index (χ2n) is 6.99. The van der Waals surface area contributed by atoms with Crippen LogP contribution in [-0.4, -0.2) is 48.7 Å². The zero-order valence-corrected chi connectivity index (χ0v) is 17.0. The first-order chi connectivity index (χ1) is 14.7. The first kappa shape index (κ1) is 19.7. The SMILES string of the molecule is CCOc1ccc(C(=O)Nc2cnc(N3CCN(c4ccccc4)CC3)nc2)cc1. The van der Waals surface area contributed by atoms with E-state index >= 15 is 0 Å². The second kappa shape index (κ2) is 9.26. The van der Waals surface area contributed by atoms with Gasteiger partial charge in [-0.05, 0) is 43.3 Å². The highest BCUT2D eigenvalue weighted by molar-refractivity contribution is 6.04. The molecule has 7 nitrogen and oxygen atoms in total. The molecule has 0 saturated carbocycles. The zero-order valence-electron chi connectivity index (χ0n) is 17.0. The summed E-state index contributed by atoms with van der Waals surface area (Å²) in [6.07, 6.45) is 3.30. The van der Waals surface area contributed by atoms with Crippen LogP contribution in [0, 0.1) is 0 Å². The summed E-state index contributed by atoms with van der Waals surface area (Å²) in [5.41, 5.74) is 2.37. The third kappa shape index (κ3) is 4.68. The lowest BCUT2D eigenvalue weighted by atomic mass is 10.2. The summed E-state index contributed by atoms with van der Waals surface area (Å²) in [6.45, 7) is 6.07. The van der Waals surface area contributed by atoms with Crippen molar-refractivity contribution in [1.82, 2.24) is 9.97 Å². The molecule has 1 aliphatic heterocycles. The van der Waals surface area contributed by atoms with Gasteiger partial charge in [0.1, 0.15) is 5.75 Å². The zero-order chi connectivity index (χ0) is 20.8. The first-order valence-corrected chi connectivity index (χ1v) is 10.1. The van der Waals surface area contributed by atoms with E-state index in [0.29, 0.717) is 23.8 Å². The molecule has 1 saturated heterocycles. The van der Waals surface area contributed by atoms with Crippen molar-refractivity contribution >= 4 is 23.2 Å². The van der Waals surface area contributed by atoms with Crippen molar-refractivity contribution in [3.63, 3.8) is 0 Å². The maximum atomic E-state index is 12.4. The second-order valence-corrected chi connectivity index (χ2v) is 6.99. The summed E-state index contributed by atoms with van der Waals surface area (Å²) < 4.78 is 5.40. The number of aromatic nitrogens is 2. The lowest BCUT2D eigenvalue weighted by Crippen LogP contribution is -2.47. The first-order valence-electron chi connectivity index (χ1n) is 10.1. The van der Waals surface area contributed by atoms with Gasteiger partial charge in [-0.2, -0.15) is 0 Å². The number of amides is 1. The predicted molar refractivity (Wildman–Crippen MR) is 118 cm³/mol.